The van der Waals surface area contributed by atoms with Gasteiger partial charge in [-0.3, -0.25) is 19.8 Å². The fraction of sp³-hybridized carbons (Fsp3) is 0.435. The normalized spacial score (nSPS) is 17.9. The third kappa shape index (κ3) is 5.31. The zero-order chi connectivity index (χ0) is 23.5. The number of anilines is 2. The van der Waals surface area contributed by atoms with E-state index in [1.54, 1.807) is 12.1 Å². The van der Waals surface area contributed by atoms with Crippen LogP contribution in [0.4, 0.5) is 17.1 Å². The van der Waals surface area contributed by atoms with Crippen molar-refractivity contribution in [3.8, 4) is 11.5 Å². The van der Waals surface area contributed by atoms with Crippen LogP contribution in [-0.2, 0) is 11.2 Å². The SMILES string of the molecule is CCOc1cc2c(cc1NC(=O)CN1CCN(c3ccc(Cl)cc3[N+](=O)[O-])CC1)O[C@@H](C)C2. The number of hydrogen-bond donors (Lipinski definition) is 1. The van der Waals surface area contributed by atoms with Crippen molar-refractivity contribution >= 4 is 34.6 Å². The Balaban J connectivity index is 1.37. The fourth-order valence-electron chi connectivity index (χ4n) is 4.26. The number of nitro groups is 1. The van der Waals surface area contributed by atoms with Gasteiger partial charge in [0.2, 0.25) is 5.91 Å². The summed E-state index contributed by atoms with van der Waals surface area (Å²) < 4.78 is 11.6. The molecule has 9 nitrogen and oxygen atoms in total. The van der Waals surface area contributed by atoms with Crippen LogP contribution in [0, 0.1) is 10.1 Å². The number of hydrogen-bond acceptors (Lipinski definition) is 7. The lowest BCUT2D eigenvalue weighted by molar-refractivity contribution is -0.384. The van der Waals surface area contributed by atoms with E-state index in [-0.39, 0.29) is 24.2 Å². The number of carbonyl (C=O) groups is 1. The molecule has 0 aliphatic carbocycles. The Morgan fingerprint density at radius 2 is 2.03 bits per heavy atom. The third-order valence-electron chi connectivity index (χ3n) is 5.79. The molecule has 1 fully saturated rings. The lowest BCUT2D eigenvalue weighted by Gasteiger charge is -2.35. The number of carbonyl (C=O) groups excluding carboxylic acids is 1. The second-order valence-corrected chi connectivity index (χ2v) is 8.66. The lowest BCUT2D eigenvalue weighted by Crippen LogP contribution is -2.48. The second kappa shape index (κ2) is 9.84. The number of nitrogens with zero attached hydrogens (tertiary/aromatic N) is 3. The molecule has 0 aromatic heterocycles. The van der Waals surface area contributed by atoms with Crippen molar-refractivity contribution in [1.29, 1.82) is 0 Å². The minimum Gasteiger partial charge on any atom is -0.492 e. The molecule has 0 spiro atoms. The first-order valence-electron chi connectivity index (χ1n) is 11.0. The highest BCUT2D eigenvalue weighted by molar-refractivity contribution is 6.30. The van der Waals surface area contributed by atoms with Gasteiger partial charge in [0.1, 0.15) is 23.3 Å². The predicted octanol–water partition coefficient (Wildman–Crippen LogP) is 3.73. The monoisotopic (exact) mass is 474 g/mol. The Labute approximate surface area is 197 Å². The number of nitro benzene ring substituents is 1. The predicted molar refractivity (Wildman–Crippen MR) is 127 cm³/mol. The molecule has 2 aliphatic rings. The molecule has 0 radical (unpaired) electrons. The highest BCUT2D eigenvalue weighted by atomic mass is 35.5. The first kappa shape index (κ1) is 23.1. The number of amides is 1. The van der Waals surface area contributed by atoms with Gasteiger partial charge in [-0.15, -0.1) is 0 Å². The highest BCUT2D eigenvalue weighted by Crippen LogP contribution is 2.38. The summed E-state index contributed by atoms with van der Waals surface area (Å²) in [5.74, 6) is 1.27. The van der Waals surface area contributed by atoms with Crippen LogP contribution < -0.4 is 19.7 Å². The average molecular weight is 475 g/mol. The van der Waals surface area contributed by atoms with Gasteiger partial charge in [0.05, 0.1) is 23.8 Å². The molecule has 0 unspecified atom stereocenters. The zero-order valence-corrected chi connectivity index (χ0v) is 19.4. The summed E-state index contributed by atoms with van der Waals surface area (Å²) in [7, 11) is 0. The van der Waals surface area contributed by atoms with Gasteiger partial charge in [0.25, 0.3) is 5.69 Å². The Hall–Kier alpha value is -3.04. The standard InChI is InChI=1S/C23H27ClN4O5/c1-3-32-22-11-16-10-15(2)33-21(16)13-18(22)25-23(29)14-26-6-8-27(9-7-26)19-5-4-17(24)12-20(19)28(30)31/h4-5,11-13,15H,3,6-10,14H2,1-2H3,(H,25,29)/t15-/m0/s1. The van der Waals surface area contributed by atoms with Crippen LogP contribution in [-0.4, -0.2) is 61.2 Å². The van der Waals surface area contributed by atoms with Crippen LogP contribution >= 0.6 is 11.6 Å². The van der Waals surface area contributed by atoms with Crippen molar-refractivity contribution in [2.45, 2.75) is 26.4 Å². The lowest BCUT2D eigenvalue weighted by atomic mass is 10.1. The van der Waals surface area contributed by atoms with E-state index in [4.69, 9.17) is 21.1 Å². The number of ether oxygens (including phenoxy) is 2. The van der Waals surface area contributed by atoms with E-state index in [2.05, 4.69) is 5.32 Å². The van der Waals surface area contributed by atoms with Crippen LogP contribution in [0.3, 0.4) is 0 Å². The maximum atomic E-state index is 12.8. The van der Waals surface area contributed by atoms with Gasteiger partial charge in [-0.2, -0.15) is 0 Å². The number of piperazine rings is 1. The van der Waals surface area contributed by atoms with Crippen molar-refractivity contribution in [3.05, 3.63) is 51.0 Å². The van der Waals surface area contributed by atoms with E-state index >= 15 is 0 Å². The van der Waals surface area contributed by atoms with Gasteiger partial charge < -0.3 is 19.7 Å². The molecule has 33 heavy (non-hydrogen) atoms. The van der Waals surface area contributed by atoms with Crippen molar-refractivity contribution < 1.29 is 19.2 Å². The summed E-state index contributed by atoms with van der Waals surface area (Å²) in [6.45, 7) is 6.99. The van der Waals surface area contributed by atoms with Crippen LogP contribution in [0.2, 0.25) is 5.02 Å². The molecule has 1 N–H and O–H groups in total. The Morgan fingerprint density at radius 1 is 1.27 bits per heavy atom. The maximum Gasteiger partial charge on any atom is 0.294 e. The molecule has 4 rings (SSSR count). The van der Waals surface area contributed by atoms with Gasteiger partial charge in [-0.25, -0.2) is 0 Å². The molecular weight excluding hydrogens is 448 g/mol. The summed E-state index contributed by atoms with van der Waals surface area (Å²) >= 11 is 5.92. The van der Waals surface area contributed by atoms with Crippen LogP contribution in [0.1, 0.15) is 19.4 Å². The molecule has 2 aromatic rings. The molecule has 176 valence electrons. The first-order valence-corrected chi connectivity index (χ1v) is 11.4. The third-order valence-corrected chi connectivity index (χ3v) is 6.02. The molecule has 2 heterocycles. The molecule has 1 saturated heterocycles. The minimum absolute atomic E-state index is 0.00899. The second-order valence-electron chi connectivity index (χ2n) is 8.22. The molecule has 10 heteroatoms. The Morgan fingerprint density at radius 3 is 2.73 bits per heavy atom. The van der Waals surface area contributed by atoms with E-state index in [1.165, 1.54) is 6.07 Å². The number of benzene rings is 2. The van der Waals surface area contributed by atoms with E-state index < -0.39 is 4.92 Å². The van der Waals surface area contributed by atoms with Gasteiger partial charge in [-0.05, 0) is 32.0 Å². The summed E-state index contributed by atoms with van der Waals surface area (Å²) in [6, 6.07) is 8.47. The minimum atomic E-state index is -0.419. The van der Waals surface area contributed by atoms with Crippen LogP contribution in [0.25, 0.3) is 0 Å². The Bertz CT molecular complexity index is 1060. The van der Waals surface area contributed by atoms with Gasteiger partial charge in [0, 0.05) is 55.3 Å². The molecule has 2 aromatic carbocycles. The molecule has 2 aliphatic heterocycles. The number of nitrogens with one attached hydrogen (secondary N) is 1. The summed E-state index contributed by atoms with van der Waals surface area (Å²) in [4.78, 5) is 27.7. The molecule has 1 atom stereocenters. The van der Waals surface area contributed by atoms with Crippen LogP contribution in [0.15, 0.2) is 30.3 Å². The highest BCUT2D eigenvalue weighted by Gasteiger charge is 2.26. The van der Waals surface area contributed by atoms with Crippen molar-refractivity contribution in [2.24, 2.45) is 0 Å². The topological polar surface area (TPSA) is 97.2 Å². The van der Waals surface area contributed by atoms with Gasteiger partial charge >= 0.3 is 0 Å². The number of rotatable bonds is 7. The van der Waals surface area contributed by atoms with E-state index in [0.29, 0.717) is 54.9 Å². The largest absolute Gasteiger partial charge is 0.492 e. The number of fused-ring (bicyclic) bond motifs is 1. The quantitative estimate of drug-likeness (QED) is 0.482. The van der Waals surface area contributed by atoms with Gasteiger partial charge in [0.15, 0.2) is 0 Å². The van der Waals surface area contributed by atoms with E-state index in [0.717, 1.165) is 17.7 Å². The van der Waals surface area contributed by atoms with Crippen LogP contribution in [0.5, 0.6) is 11.5 Å². The van der Waals surface area contributed by atoms with Crippen molar-refractivity contribution in [1.82, 2.24) is 4.90 Å². The maximum absolute atomic E-state index is 12.8. The molecule has 0 saturated carbocycles. The first-order chi connectivity index (χ1) is 15.8. The number of halogens is 1. The summed E-state index contributed by atoms with van der Waals surface area (Å²) in [6.07, 6.45) is 0.924. The Kier molecular flexibility index (Phi) is 6.90. The molecular formula is C23H27ClN4O5. The fourth-order valence-corrected chi connectivity index (χ4v) is 4.43. The van der Waals surface area contributed by atoms with E-state index in [1.807, 2.05) is 35.8 Å². The zero-order valence-electron chi connectivity index (χ0n) is 18.7. The van der Waals surface area contributed by atoms with Crippen molar-refractivity contribution in [3.63, 3.8) is 0 Å². The molecule has 1 amide bonds. The average Bonchev–Trinajstić information content (AvgIpc) is 3.13. The van der Waals surface area contributed by atoms with E-state index in [9.17, 15) is 14.9 Å². The summed E-state index contributed by atoms with van der Waals surface area (Å²) in [5, 5.41) is 14.7. The van der Waals surface area contributed by atoms with Gasteiger partial charge in [-0.1, -0.05) is 11.6 Å². The smallest absolute Gasteiger partial charge is 0.294 e. The van der Waals surface area contributed by atoms with Crippen molar-refractivity contribution in [2.75, 3.05) is 49.5 Å². The molecule has 0 bridgehead atoms. The summed E-state index contributed by atoms with van der Waals surface area (Å²) in [5.41, 5.74) is 2.22.